The molecule has 5 heteroatoms. The first-order valence-electron chi connectivity index (χ1n) is 7.59. The largest absolute Gasteiger partial charge is 0.425 e. The molecule has 21 heavy (non-hydrogen) atoms. The number of carbonyl (C=O) groups is 1. The summed E-state index contributed by atoms with van der Waals surface area (Å²) in [6.07, 6.45) is 1.19. The second kappa shape index (κ2) is 4.31. The van der Waals surface area contributed by atoms with Crippen molar-refractivity contribution >= 4 is 5.97 Å². The van der Waals surface area contributed by atoms with E-state index in [0.29, 0.717) is 18.4 Å². The molecule has 5 nitrogen and oxygen atoms in total. The maximum Gasteiger partial charge on any atom is 0.336 e. The first-order valence-corrected chi connectivity index (χ1v) is 7.59. The Labute approximate surface area is 124 Å². The number of hydrogen-bond acceptors (Lipinski definition) is 5. The predicted octanol–water partition coefficient (Wildman–Crippen LogP) is 1.52. The van der Waals surface area contributed by atoms with Gasteiger partial charge in [-0.05, 0) is 32.1 Å². The smallest absolute Gasteiger partial charge is 0.336 e. The van der Waals surface area contributed by atoms with Gasteiger partial charge in [0, 0.05) is 30.1 Å². The molecule has 0 bridgehead atoms. The van der Waals surface area contributed by atoms with Crippen molar-refractivity contribution in [3.05, 3.63) is 11.1 Å². The SMILES string of the molecule is CO[C@@]12C[C@]3(O)[C@H](O)CC[C@H](C)[C@@]3(C)CC1=C(C)C(=O)O2. The first kappa shape index (κ1) is 15.0. The molecule has 2 aliphatic carbocycles. The van der Waals surface area contributed by atoms with Gasteiger partial charge in [-0.1, -0.05) is 13.8 Å². The number of hydrogen-bond donors (Lipinski definition) is 2. The zero-order valence-corrected chi connectivity index (χ0v) is 13.1. The molecule has 2 fully saturated rings. The summed E-state index contributed by atoms with van der Waals surface area (Å²) < 4.78 is 11.0. The van der Waals surface area contributed by atoms with Crippen molar-refractivity contribution in [2.75, 3.05) is 7.11 Å². The summed E-state index contributed by atoms with van der Waals surface area (Å²) >= 11 is 0. The standard InChI is InChI=1S/C16H24O5/c1-9-5-6-12(17)15(19)8-16(20-4)11(7-14(9,15)3)10(2)13(18)21-16/h9,12,17,19H,5-8H2,1-4H3/t9-,12+,14+,15-,16+/m0/s1. The molecule has 5 atom stereocenters. The van der Waals surface area contributed by atoms with E-state index >= 15 is 0 Å². The van der Waals surface area contributed by atoms with Crippen molar-refractivity contribution in [2.45, 2.75) is 63.9 Å². The van der Waals surface area contributed by atoms with E-state index in [0.717, 1.165) is 12.0 Å². The summed E-state index contributed by atoms with van der Waals surface area (Å²) in [7, 11) is 1.48. The molecule has 2 N–H and O–H groups in total. The predicted molar refractivity (Wildman–Crippen MR) is 75.2 cm³/mol. The van der Waals surface area contributed by atoms with Crippen LogP contribution in [0.15, 0.2) is 11.1 Å². The van der Waals surface area contributed by atoms with Gasteiger partial charge in [-0.2, -0.15) is 0 Å². The molecule has 0 saturated heterocycles. The lowest BCUT2D eigenvalue weighted by atomic mass is 9.50. The molecule has 0 aromatic carbocycles. The fraction of sp³-hybridized carbons (Fsp3) is 0.812. The molecule has 1 heterocycles. The third-order valence-corrected chi connectivity index (χ3v) is 6.35. The molecule has 3 aliphatic rings. The van der Waals surface area contributed by atoms with E-state index in [1.165, 1.54) is 7.11 Å². The summed E-state index contributed by atoms with van der Waals surface area (Å²) in [5.41, 5.74) is -0.401. The minimum atomic E-state index is -1.31. The van der Waals surface area contributed by atoms with Crippen LogP contribution in [0, 0.1) is 11.3 Å². The van der Waals surface area contributed by atoms with Gasteiger partial charge in [0.2, 0.25) is 5.79 Å². The maximum absolute atomic E-state index is 12.0. The minimum Gasteiger partial charge on any atom is -0.425 e. The van der Waals surface area contributed by atoms with Crippen molar-refractivity contribution < 1.29 is 24.5 Å². The van der Waals surface area contributed by atoms with Gasteiger partial charge >= 0.3 is 5.97 Å². The van der Waals surface area contributed by atoms with Crippen molar-refractivity contribution in [1.82, 2.24) is 0 Å². The second-order valence-corrected chi connectivity index (χ2v) is 7.14. The molecule has 0 spiro atoms. The van der Waals surface area contributed by atoms with Crippen LogP contribution in [-0.4, -0.2) is 40.8 Å². The monoisotopic (exact) mass is 296 g/mol. The fourth-order valence-electron chi connectivity index (χ4n) is 4.49. The Balaban J connectivity index is 2.14. The van der Waals surface area contributed by atoms with Gasteiger partial charge in [0.05, 0.1) is 6.10 Å². The van der Waals surface area contributed by atoms with Crippen LogP contribution in [0.4, 0.5) is 0 Å². The Morgan fingerprint density at radius 2 is 2.05 bits per heavy atom. The molecule has 1 aliphatic heterocycles. The van der Waals surface area contributed by atoms with E-state index in [9.17, 15) is 15.0 Å². The van der Waals surface area contributed by atoms with Crippen LogP contribution in [0.1, 0.15) is 46.5 Å². The van der Waals surface area contributed by atoms with Gasteiger partial charge in [0.1, 0.15) is 5.60 Å². The summed E-state index contributed by atoms with van der Waals surface area (Å²) in [6, 6.07) is 0. The van der Waals surface area contributed by atoms with E-state index in [1.807, 2.05) is 6.92 Å². The zero-order chi connectivity index (χ0) is 15.6. The first-order chi connectivity index (χ1) is 9.70. The zero-order valence-electron chi connectivity index (χ0n) is 13.1. The Morgan fingerprint density at radius 1 is 1.38 bits per heavy atom. The highest BCUT2D eigenvalue weighted by Crippen LogP contribution is 2.62. The summed E-state index contributed by atoms with van der Waals surface area (Å²) in [4.78, 5) is 12.0. The van der Waals surface area contributed by atoms with E-state index < -0.39 is 22.9 Å². The molecule has 118 valence electrons. The Morgan fingerprint density at radius 3 is 2.67 bits per heavy atom. The van der Waals surface area contributed by atoms with Crippen LogP contribution in [0.2, 0.25) is 0 Å². The van der Waals surface area contributed by atoms with E-state index in [-0.39, 0.29) is 18.3 Å². The topological polar surface area (TPSA) is 76.0 Å². The van der Waals surface area contributed by atoms with E-state index in [2.05, 4.69) is 6.92 Å². The van der Waals surface area contributed by atoms with E-state index in [1.54, 1.807) is 6.92 Å². The lowest BCUT2D eigenvalue weighted by molar-refractivity contribution is -0.281. The lowest BCUT2D eigenvalue weighted by Crippen LogP contribution is -2.67. The lowest BCUT2D eigenvalue weighted by Gasteiger charge is -2.60. The summed E-state index contributed by atoms with van der Waals surface area (Å²) in [5, 5.41) is 21.7. The number of aliphatic hydroxyl groups excluding tert-OH is 1. The van der Waals surface area contributed by atoms with Crippen molar-refractivity contribution in [2.24, 2.45) is 11.3 Å². The number of carbonyl (C=O) groups excluding carboxylic acids is 1. The molecule has 0 aromatic heterocycles. The molecular formula is C16H24O5. The van der Waals surface area contributed by atoms with Gasteiger partial charge < -0.3 is 19.7 Å². The van der Waals surface area contributed by atoms with Crippen LogP contribution >= 0.6 is 0 Å². The van der Waals surface area contributed by atoms with Crippen LogP contribution in [-0.2, 0) is 14.3 Å². The van der Waals surface area contributed by atoms with Crippen LogP contribution in [0.5, 0.6) is 0 Å². The third-order valence-electron chi connectivity index (χ3n) is 6.35. The highest BCUT2D eigenvalue weighted by Gasteiger charge is 2.67. The normalized spacial score (nSPS) is 49.7. The number of methoxy groups -OCH3 is 1. The molecule has 0 aromatic rings. The number of ether oxygens (including phenoxy) is 2. The van der Waals surface area contributed by atoms with Crippen LogP contribution < -0.4 is 0 Å². The summed E-state index contributed by atoms with van der Waals surface area (Å²) in [5.74, 6) is -1.36. The highest BCUT2D eigenvalue weighted by atomic mass is 16.7. The maximum atomic E-state index is 12.0. The molecule has 0 amide bonds. The van der Waals surface area contributed by atoms with Gasteiger partial charge in [0.15, 0.2) is 0 Å². The van der Waals surface area contributed by atoms with Crippen LogP contribution in [0.25, 0.3) is 0 Å². The number of esters is 1. The second-order valence-electron chi connectivity index (χ2n) is 7.14. The molecule has 0 unspecified atom stereocenters. The number of fused-ring (bicyclic) bond motifs is 2. The molecular weight excluding hydrogens is 272 g/mol. The molecule has 3 rings (SSSR count). The van der Waals surface area contributed by atoms with Crippen LogP contribution in [0.3, 0.4) is 0 Å². The summed E-state index contributed by atoms with van der Waals surface area (Å²) in [6.45, 7) is 5.85. The Kier molecular flexibility index (Phi) is 3.08. The van der Waals surface area contributed by atoms with Crippen molar-refractivity contribution in [3.63, 3.8) is 0 Å². The van der Waals surface area contributed by atoms with Gasteiger partial charge in [-0.25, -0.2) is 4.79 Å². The van der Waals surface area contributed by atoms with Gasteiger partial charge in [-0.3, -0.25) is 0 Å². The Bertz CT molecular complexity index is 527. The fourth-order valence-corrected chi connectivity index (χ4v) is 4.49. The Hall–Kier alpha value is -0.910. The van der Waals surface area contributed by atoms with Gasteiger partial charge in [-0.15, -0.1) is 0 Å². The van der Waals surface area contributed by atoms with Gasteiger partial charge in [0.25, 0.3) is 0 Å². The minimum absolute atomic E-state index is 0.0942. The van der Waals surface area contributed by atoms with Crippen molar-refractivity contribution in [3.8, 4) is 0 Å². The van der Waals surface area contributed by atoms with E-state index in [4.69, 9.17) is 9.47 Å². The average molecular weight is 296 g/mol. The quantitative estimate of drug-likeness (QED) is 0.718. The van der Waals surface area contributed by atoms with Crippen molar-refractivity contribution in [1.29, 1.82) is 0 Å². The average Bonchev–Trinajstić information content (AvgIpc) is 2.67. The number of rotatable bonds is 1. The number of aliphatic hydroxyl groups is 2. The third kappa shape index (κ3) is 1.65. The highest BCUT2D eigenvalue weighted by molar-refractivity contribution is 5.92. The molecule has 0 radical (unpaired) electrons. The molecule has 2 saturated carbocycles.